The molecule has 114 valence electrons. The minimum Gasteiger partial charge on any atom is -0.478 e. The third-order valence-corrected chi connectivity index (χ3v) is 2.91. The van der Waals surface area contributed by atoms with E-state index in [1.807, 2.05) is 6.07 Å². The van der Waals surface area contributed by atoms with E-state index in [9.17, 15) is 0 Å². The van der Waals surface area contributed by atoms with E-state index in [2.05, 4.69) is 56.8 Å². The van der Waals surface area contributed by atoms with Crippen LogP contribution in [0.4, 0.5) is 5.82 Å². The van der Waals surface area contributed by atoms with Crippen molar-refractivity contribution >= 4 is 5.82 Å². The molecule has 0 bridgehead atoms. The highest BCUT2D eigenvalue weighted by molar-refractivity contribution is 5.39. The molecule has 1 heterocycles. The summed E-state index contributed by atoms with van der Waals surface area (Å²) < 4.78 is 5.79. The smallest absolute Gasteiger partial charge is 0.218 e. The van der Waals surface area contributed by atoms with Gasteiger partial charge in [0, 0.05) is 18.0 Å². The summed E-state index contributed by atoms with van der Waals surface area (Å²) in [6.45, 7) is 14.4. The third kappa shape index (κ3) is 5.76. The number of hydrogen-bond acceptors (Lipinski definition) is 4. The molecule has 0 saturated carbocycles. The van der Waals surface area contributed by atoms with Crippen molar-refractivity contribution in [2.75, 3.05) is 18.5 Å². The van der Waals surface area contributed by atoms with Crippen LogP contribution >= 0.6 is 0 Å². The van der Waals surface area contributed by atoms with Gasteiger partial charge in [0.25, 0.3) is 0 Å². The van der Waals surface area contributed by atoms with Crippen molar-refractivity contribution in [3.8, 4) is 5.88 Å². The van der Waals surface area contributed by atoms with Crippen LogP contribution in [0.25, 0.3) is 0 Å². The molecule has 0 aliphatic carbocycles. The predicted molar refractivity (Wildman–Crippen MR) is 84.5 cm³/mol. The van der Waals surface area contributed by atoms with Crippen molar-refractivity contribution in [1.82, 2.24) is 9.97 Å². The van der Waals surface area contributed by atoms with Gasteiger partial charge in [-0.2, -0.15) is 4.98 Å². The summed E-state index contributed by atoms with van der Waals surface area (Å²) in [5, 5.41) is 3.24. The predicted octanol–water partition coefficient (Wildman–Crippen LogP) is 4.02. The molecule has 0 unspecified atom stereocenters. The summed E-state index contributed by atoms with van der Waals surface area (Å²) in [4.78, 5) is 9.08. The lowest BCUT2D eigenvalue weighted by Crippen LogP contribution is -2.18. The van der Waals surface area contributed by atoms with E-state index in [-0.39, 0.29) is 5.41 Å². The zero-order valence-electron chi connectivity index (χ0n) is 13.8. The molecule has 0 aromatic carbocycles. The number of rotatable bonds is 7. The van der Waals surface area contributed by atoms with Crippen LogP contribution in [0.15, 0.2) is 6.07 Å². The van der Waals surface area contributed by atoms with Crippen LogP contribution in [-0.4, -0.2) is 23.1 Å². The van der Waals surface area contributed by atoms with E-state index >= 15 is 0 Å². The Morgan fingerprint density at radius 1 is 1.25 bits per heavy atom. The second-order valence-corrected chi connectivity index (χ2v) is 6.58. The van der Waals surface area contributed by atoms with Crippen molar-refractivity contribution in [3.05, 3.63) is 11.9 Å². The molecule has 1 rings (SSSR count). The molecular weight excluding hydrogens is 250 g/mol. The SMILES string of the molecule is CCNc1cc(OCCCC(C)C)nc(C(C)(C)C)n1. The van der Waals surface area contributed by atoms with E-state index in [1.54, 1.807) is 0 Å². The first kappa shape index (κ1) is 16.7. The number of aromatic nitrogens is 2. The normalized spacial score (nSPS) is 11.8. The van der Waals surface area contributed by atoms with Gasteiger partial charge in [-0.1, -0.05) is 34.6 Å². The van der Waals surface area contributed by atoms with Crippen molar-refractivity contribution in [3.63, 3.8) is 0 Å². The minimum absolute atomic E-state index is 0.0819. The summed E-state index contributed by atoms with van der Waals surface area (Å²) in [7, 11) is 0. The van der Waals surface area contributed by atoms with Gasteiger partial charge in [0.1, 0.15) is 11.6 Å². The Bertz CT molecular complexity index is 411. The van der Waals surface area contributed by atoms with E-state index in [1.165, 1.54) is 6.42 Å². The molecule has 0 aliphatic rings. The fraction of sp³-hybridized carbons (Fsp3) is 0.750. The number of nitrogens with zero attached hydrogens (tertiary/aromatic N) is 2. The highest BCUT2D eigenvalue weighted by atomic mass is 16.5. The lowest BCUT2D eigenvalue weighted by molar-refractivity contribution is 0.284. The molecule has 0 atom stereocenters. The summed E-state index contributed by atoms with van der Waals surface area (Å²) in [6.07, 6.45) is 2.24. The Morgan fingerprint density at radius 3 is 2.50 bits per heavy atom. The maximum atomic E-state index is 5.79. The Labute approximate surface area is 123 Å². The molecule has 0 spiro atoms. The first-order valence-corrected chi connectivity index (χ1v) is 7.59. The first-order chi connectivity index (χ1) is 9.32. The van der Waals surface area contributed by atoms with E-state index in [0.717, 1.165) is 24.6 Å². The first-order valence-electron chi connectivity index (χ1n) is 7.59. The summed E-state index contributed by atoms with van der Waals surface area (Å²) >= 11 is 0. The monoisotopic (exact) mass is 279 g/mol. The molecule has 1 aromatic heterocycles. The molecule has 4 nitrogen and oxygen atoms in total. The van der Waals surface area contributed by atoms with Gasteiger partial charge in [-0.05, 0) is 25.7 Å². The summed E-state index contributed by atoms with van der Waals surface area (Å²) in [6, 6.07) is 1.88. The molecule has 0 radical (unpaired) electrons. The zero-order valence-corrected chi connectivity index (χ0v) is 13.8. The summed E-state index contributed by atoms with van der Waals surface area (Å²) in [5.74, 6) is 3.04. The maximum Gasteiger partial charge on any atom is 0.218 e. The van der Waals surface area contributed by atoms with E-state index < -0.39 is 0 Å². The van der Waals surface area contributed by atoms with Gasteiger partial charge < -0.3 is 10.1 Å². The Kier molecular flexibility index (Phi) is 6.24. The molecule has 4 heteroatoms. The van der Waals surface area contributed by atoms with Gasteiger partial charge in [0.05, 0.1) is 6.61 Å². The standard InChI is InChI=1S/C16H29N3O/c1-7-17-13-11-14(20-10-8-9-12(2)3)19-15(18-13)16(4,5)6/h11-12H,7-10H2,1-6H3,(H,17,18,19). The quantitative estimate of drug-likeness (QED) is 0.766. The zero-order chi connectivity index (χ0) is 15.2. The lowest BCUT2D eigenvalue weighted by atomic mass is 9.96. The molecule has 0 aliphatic heterocycles. The minimum atomic E-state index is -0.0819. The van der Waals surface area contributed by atoms with Crippen LogP contribution in [0.1, 0.15) is 60.2 Å². The van der Waals surface area contributed by atoms with Crippen LogP contribution in [0.5, 0.6) is 5.88 Å². The van der Waals surface area contributed by atoms with Crippen LogP contribution in [0, 0.1) is 5.92 Å². The number of hydrogen-bond donors (Lipinski definition) is 1. The van der Waals surface area contributed by atoms with Crippen molar-refractivity contribution in [2.24, 2.45) is 5.92 Å². The lowest BCUT2D eigenvalue weighted by Gasteiger charge is -2.19. The average molecular weight is 279 g/mol. The molecule has 0 saturated heterocycles. The molecule has 1 N–H and O–H groups in total. The average Bonchev–Trinajstić information content (AvgIpc) is 2.33. The fourth-order valence-electron chi connectivity index (χ4n) is 1.77. The topological polar surface area (TPSA) is 47.0 Å². The van der Waals surface area contributed by atoms with Gasteiger partial charge in [0.2, 0.25) is 5.88 Å². The summed E-state index contributed by atoms with van der Waals surface area (Å²) in [5.41, 5.74) is -0.0819. The number of nitrogens with one attached hydrogen (secondary N) is 1. The molecular formula is C16H29N3O. The highest BCUT2D eigenvalue weighted by Crippen LogP contribution is 2.23. The molecule has 20 heavy (non-hydrogen) atoms. The third-order valence-electron chi connectivity index (χ3n) is 2.91. The van der Waals surface area contributed by atoms with Gasteiger partial charge in [-0.3, -0.25) is 0 Å². The largest absolute Gasteiger partial charge is 0.478 e. The van der Waals surface area contributed by atoms with Gasteiger partial charge in [0.15, 0.2) is 0 Å². The number of ether oxygens (including phenoxy) is 1. The van der Waals surface area contributed by atoms with Crippen LogP contribution in [0.3, 0.4) is 0 Å². The van der Waals surface area contributed by atoms with Gasteiger partial charge in [-0.25, -0.2) is 4.98 Å². The molecule has 1 aromatic rings. The van der Waals surface area contributed by atoms with E-state index in [4.69, 9.17) is 4.74 Å². The van der Waals surface area contributed by atoms with Crippen LogP contribution in [0.2, 0.25) is 0 Å². The van der Waals surface area contributed by atoms with Crippen LogP contribution in [-0.2, 0) is 5.41 Å². The Balaban J connectivity index is 2.76. The van der Waals surface area contributed by atoms with Gasteiger partial charge >= 0.3 is 0 Å². The number of anilines is 1. The maximum absolute atomic E-state index is 5.79. The van der Waals surface area contributed by atoms with E-state index in [0.29, 0.717) is 18.4 Å². The molecule has 0 fully saturated rings. The second kappa shape index (κ2) is 7.46. The second-order valence-electron chi connectivity index (χ2n) is 6.58. The Morgan fingerprint density at radius 2 is 1.95 bits per heavy atom. The van der Waals surface area contributed by atoms with Crippen LogP contribution < -0.4 is 10.1 Å². The Hall–Kier alpha value is -1.32. The fourth-order valence-corrected chi connectivity index (χ4v) is 1.77. The van der Waals surface area contributed by atoms with Gasteiger partial charge in [-0.15, -0.1) is 0 Å². The van der Waals surface area contributed by atoms with Crippen molar-refractivity contribution in [1.29, 1.82) is 0 Å². The molecule has 0 amide bonds. The van der Waals surface area contributed by atoms with Crippen molar-refractivity contribution < 1.29 is 4.74 Å². The highest BCUT2D eigenvalue weighted by Gasteiger charge is 2.19. The van der Waals surface area contributed by atoms with Crippen molar-refractivity contribution in [2.45, 2.75) is 59.8 Å².